The Morgan fingerprint density at radius 1 is 1.18 bits per heavy atom. The molecule has 3 aromatic rings. The number of nitrogens with zero attached hydrogens (tertiary/aromatic N) is 4. The SMILES string of the molecule is Cc1ccc(NC(=O)N2CCC(CC(F)(F)F)C2)cc1-c1cncc(-c2cc(N)ncn2)c1. The number of nitrogens with two attached hydrogens (primary N) is 1. The first-order valence-corrected chi connectivity index (χ1v) is 10.4. The van der Waals surface area contributed by atoms with Crippen LogP contribution in [0.2, 0.25) is 0 Å². The molecule has 4 rings (SSSR count). The number of urea groups is 1. The topological polar surface area (TPSA) is 97.0 Å². The van der Waals surface area contributed by atoms with Crippen LogP contribution >= 0.6 is 0 Å². The lowest BCUT2D eigenvalue weighted by Crippen LogP contribution is -2.33. The normalized spacial score (nSPS) is 16.1. The fourth-order valence-electron chi connectivity index (χ4n) is 3.98. The summed E-state index contributed by atoms with van der Waals surface area (Å²) in [6.07, 6.45) is 0.0332. The molecule has 1 saturated heterocycles. The molecular weight excluding hydrogens is 433 g/mol. The molecule has 0 aliphatic carbocycles. The highest BCUT2D eigenvalue weighted by Gasteiger charge is 2.36. The lowest BCUT2D eigenvalue weighted by atomic mass is 9.99. The number of rotatable bonds is 4. The predicted molar refractivity (Wildman–Crippen MR) is 119 cm³/mol. The van der Waals surface area contributed by atoms with Gasteiger partial charge in [-0.3, -0.25) is 4.98 Å². The third-order valence-electron chi connectivity index (χ3n) is 5.62. The van der Waals surface area contributed by atoms with E-state index < -0.39 is 24.5 Å². The van der Waals surface area contributed by atoms with Crippen LogP contribution in [0.3, 0.4) is 0 Å². The summed E-state index contributed by atoms with van der Waals surface area (Å²) < 4.78 is 37.9. The molecule has 1 aliphatic heterocycles. The molecule has 1 aromatic carbocycles. The summed E-state index contributed by atoms with van der Waals surface area (Å²) in [6.45, 7) is 2.34. The maximum Gasteiger partial charge on any atom is 0.389 e. The van der Waals surface area contributed by atoms with Gasteiger partial charge in [0.2, 0.25) is 0 Å². The van der Waals surface area contributed by atoms with Gasteiger partial charge in [0.15, 0.2) is 0 Å². The number of anilines is 2. The van der Waals surface area contributed by atoms with Crippen molar-refractivity contribution in [1.29, 1.82) is 0 Å². The van der Waals surface area contributed by atoms with Crippen LogP contribution in [0, 0.1) is 12.8 Å². The number of halogens is 3. The van der Waals surface area contributed by atoms with Crippen LogP contribution < -0.4 is 11.1 Å². The van der Waals surface area contributed by atoms with Crippen LogP contribution in [-0.4, -0.2) is 45.1 Å². The third kappa shape index (κ3) is 5.57. The summed E-state index contributed by atoms with van der Waals surface area (Å²) in [5.74, 6) is -0.209. The summed E-state index contributed by atoms with van der Waals surface area (Å²) >= 11 is 0. The van der Waals surface area contributed by atoms with Gasteiger partial charge < -0.3 is 16.0 Å². The maximum atomic E-state index is 12.6. The molecule has 2 aromatic heterocycles. The Morgan fingerprint density at radius 2 is 1.97 bits per heavy atom. The summed E-state index contributed by atoms with van der Waals surface area (Å²) in [4.78, 5) is 26.5. The lowest BCUT2D eigenvalue weighted by Gasteiger charge is -2.19. The van der Waals surface area contributed by atoms with E-state index in [0.29, 0.717) is 30.2 Å². The van der Waals surface area contributed by atoms with Gasteiger partial charge >= 0.3 is 12.2 Å². The molecule has 1 aliphatic rings. The molecule has 0 spiro atoms. The number of carbonyl (C=O) groups is 1. The van der Waals surface area contributed by atoms with E-state index in [2.05, 4.69) is 20.3 Å². The molecule has 3 heterocycles. The Bertz CT molecular complexity index is 1170. The second kappa shape index (κ2) is 9.05. The van der Waals surface area contributed by atoms with E-state index in [1.807, 2.05) is 25.1 Å². The van der Waals surface area contributed by atoms with Crippen LogP contribution in [0.4, 0.5) is 29.5 Å². The maximum absolute atomic E-state index is 12.6. The molecule has 1 atom stereocenters. The van der Waals surface area contributed by atoms with Crippen molar-refractivity contribution in [2.75, 3.05) is 24.1 Å². The Labute approximate surface area is 188 Å². The number of aryl methyl sites for hydroxylation is 1. The first-order chi connectivity index (χ1) is 15.7. The van der Waals surface area contributed by atoms with Gasteiger partial charge in [-0.05, 0) is 48.6 Å². The highest BCUT2D eigenvalue weighted by atomic mass is 19.4. The summed E-state index contributed by atoms with van der Waals surface area (Å²) in [6, 6.07) is 8.64. The smallest absolute Gasteiger partial charge is 0.384 e. The fraction of sp³-hybridized carbons (Fsp3) is 0.304. The van der Waals surface area contributed by atoms with Crippen molar-refractivity contribution in [1.82, 2.24) is 19.9 Å². The van der Waals surface area contributed by atoms with Crippen LogP contribution in [0.15, 0.2) is 49.1 Å². The second-order valence-corrected chi connectivity index (χ2v) is 8.17. The van der Waals surface area contributed by atoms with Gasteiger partial charge in [0.25, 0.3) is 0 Å². The average molecular weight is 456 g/mol. The number of pyridine rings is 1. The summed E-state index contributed by atoms with van der Waals surface area (Å²) in [7, 11) is 0. The van der Waals surface area contributed by atoms with Gasteiger partial charge in [-0.15, -0.1) is 0 Å². The minimum Gasteiger partial charge on any atom is -0.384 e. The zero-order chi connectivity index (χ0) is 23.6. The highest BCUT2D eigenvalue weighted by Crippen LogP contribution is 2.32. The van der Waals surface area contributed by atoms with Gasteiger partial charge in [-0.25, -0.2) is 14.8 Å². The van der Waals surface area contributed by atoms with Crippen molar-refractivity contribution in [3.05, 3.63) is 54.6 Å². The number of benzene rings is 1. The van der Waals surface area contributed by atoms with E-state index >= 15 is 0 Å². The highest BCUT2D eigenvalue weighted by molar-refractivity contribution is 5.90. The van der Waals surface area contributed by atoms with Gasteiger partial charge in [-0.1, -0.05) is 6.07 Å². The van der Waals surface area contributed by atoms with E-state index in [9.17, 15) is 18.0 Å². The number of hydrogen-bond donors (Lipinski definition) is 2. The molecular formula is C23H23F3N6O. The first-order valence-electron chi connectivity index (χ1n) is 10.4. The van der Waals surface area contributed by atoms with Crippen molar-refractivity contribution in [2.45, 2.75) is 25.9 Å². The Kier molecular flexibility index (Phi) is 6.17. The molecule has 33 heavy (non-hydrogen) atoms. The number of hydrogen-bond acceptors (Lipinski definition) is 5. The number of nitrogen functional groups attached to an aromatic ring is 1. The van der Waals surface area contributed by atoms with E-state index in [1.165, 1.54) is 11.2 Å². The zero-order valence-corrected chi connectivity index (χ0v) is 17.9. The molecule has 2 amide bonds. The standard InChI is InChI=1S/C23H23F3N6O/c1-14-2-3-18(31-22(33)32-5-4-15(12-32)9-23(24,25)26)7-19(14)16-6-17(11-28-10-16)20-8-21(27)30-13-29-20/h2-3,6-8,10-11,13,15H,4-5,9,12H2,1H3,(H,31,33)(H2,27,29,30). The first kappa shape index (κ1) is 22.5. The largest absolute Gasteiger partial charge is 0.389 e. The van der Waals surface area contributed by atoms with E-state index in [0.717, 1.165) is 22.3 Å². The van der Waals surface area contributed by atoms with Crippen LogP contribution in [0.5, 0.6) is 0 Å². The monoisotopic (exact) mass is 456 g/mol. The van der Waals surface area contributed by atoms with Gasteiger partial charge in [-0.2, -0.15) is 13.2 Å². The minimum absolute atomic E-state index is 0.0953. The molecule has 3 N–H and O–H groups in total. The molecule has 172 valence electrons. The number of amides is 2. The number of carbonyl (C=O) groups excluding carboxylic acids is 1. The quantitative estimate of drug-likeness (QED) is 0.582. The van der Waals surface area contributed by atoms with Gasteiger partial charge in [0.1, 0.15) is 12.1 Å². The van der Waals surface area contributed by atoms with E-state index in [-0.39, 0.29) is 6.54 Å². The van der Waals surface area contributed by atoms with E-state index in [4.69, 9.17) is 5.73 Å². The van der Waals surface area contributed by atoms with Crippen LogP contribution in [-0.2, 0) is 0 Å². The van der Waals surface area contributed by atoms with Crippen molar-refractivity contribution >= 4 is 17.5 Å². The Morgan fingerprint density at radius 3 is 2.73 bits per heavy atom. The van der Waals surface area contributed by atoms with Crippen LogP contribution in [0.25, 0.3) is 22.4 Å². The number of alkyl halides is 3. The Balaban J connectivity index is 1.51. The lowest BCUT2D eigenvalue weighted by molar-refractivity contribution is -0.143. The molecule has 0 bridgehead atoms. The molecule has 10 heteroatoms. The predicted octanol–water partition coefficient (Wildman–Crippen LogP) is 4.90. The van der Waals surface area contributed by atoms with Crippen molar-refractivity contribution in [2.24, 2.45) is 5.92 Å². The van der Waals surface area contributed by atoms with Crippen molar-refractivity contribution in [3.8, 4) is 22.4 Å². The molecule has 1 unspecified atom stereocenters. The molecule has 0 saturated carbocycles. The molecule has 0 radical (unpaired) electrons. The van der Waals surface area contributed by atoms with Crippen molar-refractivity contribution in [3.63, 3.8) is 0 Å². The number of nitrogens with one attached hydrogen (secondary N) is 1. The Hall–Kier alpha value is -3.69. The molecule has 7 nitrogen and oxygen atoms in total. The van der Waals surface area contributed by atoms with Gasteiger partial charge in [0.05, 0.1) is 5.69 Å². The third-order valence-corrected chi connectivity index (χ3v) is 5.62. The number of aromatic nitrogens is 3. The summed E-state index contributed by atoms with van der Waals surface area (Å²) in [5.41, 5.74) is 10.4. The second-order valence-electron chi connectivity index (χ2n) is 8.17. The molecule has 1 fully saturated rings. The summed E-state index contributed by atoms with van der Waals surface area (Å²) in [5, 5.41) is 2.81. The van der Waals surface area contributed by atoms with Crippen LogP contribution in [0.1, 0.15) is 18.4 Å². The van der Waals surface area contributed by atoms with Gasteiger partial charge in [0, 0.05) is 54.8 Å². The fourth-order valence-corrected chi connectivity index (χ4v) is 3.98. The van der Waals surface area contributed by atoms with E-state index in [1.54, 1.807) is 24.5 Å². The van der Waals surface area contributed by atoms with Crippen molar-refractivity contribution < 1.29 is 18.0 Å². The average Bonchev–Trinajstić information content (AvgIpc) is 3.22. The zero-order valence-electron chi connectivity index (χ0n) is 17.9. The minimum atomic E-state index is -4.22. The number of likely N-dealkylation sites (tertiary alicyclic amines) is 1.